The molecule has 0 bridgehead atoms. The van der Waals surface area contributed by atoms with Gasteiger partial charge in [0.05, 0.1) is 6.61 Å². The Balaban J connectivity index is 2.08. The van der Waals surface area contributed by atoms with E-state index in [1.54, 1.807) is 7.11 Å². The van der Waals surface area contributed by atoms with E-state index >= 15 is 0 Å². The summed E-state index contributed by atoms with van der Waals surface area (Å²) in [6, 6.07) is 12.5. The van der Waals surface area contributed by atoms with E-state index in [0.717, 1.165) is 5.75 Å². The fraction of sp³-hybridized carbons (Fsp3) is 0.294. The van der Waals surface area contributed by atoms with Crippen molar-refractivity contribution in [1.29, 1.82) is 0 Å². The van der Waals surface area contributed by atoms with E-state index in [4.69, 9.17) is 9.47 Å². The molecule has 0 aliphatic carbocycles. The maximum Gasteiger partial charge on any atom is 0.120 e. The van der Waals surface area contributed by atoms with Gasteiger partial charge in [-0.15, -0.1) is 9.24 Å². The molecule has 0 radical (unpaired) electrons. The highest BCUT2D eigenvalue weighted by Gasteiger charge is 2.06. The molecular formula is C17H21O2P. The molecule has 0 saturated heterocycles. The monoisotopic (exact) mass is 288 g/mol. The number of rotatable bonds is 5. The molecule has 0 heterocycles. The largest absolute Gasteiger partial charge is 0.489 e. The van der Waals surface area contributed by atoms with E-state index in [1.807, 2.05) is 0 Å². The second-order valence-corrected chi connectivity index (χ2v) is 5.67. The lowest BCUT2D eigenvalue weighted by Gasteiger charge is -2.13. The molecule has 1 unspecified atom stereocenters. The zero-order valence-corrected chi connectivity index (χ0v) is 13.4. The Morgan fingerprint density at radius 1 is 0.950 bits per heavy atom. The van der Waals surface area contributed by atoms with Gasteiger partial charge in [0.15, 0.2) is 0 Å². The van der Waals surface area contributed by atoms with Gasteiger partial charge in [0, 0.05) is 7.11 Å². The Bertz CT molecular complexity index is 553. The van der Waals surface area contributed by atoms with Crippen LogP contribution in [-0.4, -0.2) is 7.11 Å². The second kappa shape index (κ2) is 6.88. The molecule has 20 heavy (non-hydrogen) atoms. The first kappa shape index (κ1) is 15.0. The van der Waals surface area contributed by atoms with Crippen molar-refractivity contribution < 1.29 is 9.47 Å². The van der Waals surface area contributed by atoms with Crippen molar-refractivity contribution in [3.63, 3.8) is 0 Å². The van der Waals surface area contributed by atoms with Crippen LogP contribution < -0.4 is 10.0 Å². The van der Waals surface area contributed by atoms with Crippen molar-refractivity contribution in [1.82, 2.24) is 0 Å². The molecule has 0 fully saturated rings. The molecule has 2 aromatic carbocycles. The number of hydrogen-bond acceptors (Lipinski definition) is 2. The molecule has 0 aliphatic heterocycles. The molecule has 0 N–H and O–H groups in total. The average molecular weight is 288 g/mol. The Morgan fingerprint density at radius 2 is 1.55 bits per heavy atom. The predicted molar refractivity (Wildman–Crippen MR) is 86.7 cm³/mol. The smallest absolute Gasteiger partial charge is 0.120 e. The van der Waals surface area contributed by atoms with E-state index < -0.39 is 0 Å². The van der Waals surface area contributed by atoms with E-state index in [0.29, 0.717) is 13.2 Å². The van der Waals surface area contributed by atoms with Gasteiger partial charge in [0.2, 0.25) is 0 Å². The van der Waals surface area contributed by atoms with E-state index in [9.17, 15) is 0 Å². The molecule has 0 spiro atoms. The summed E-state index contributed by atoms with van der Waals surface area (Å²) in [5.41, 5.74) is 4.84. The number of hydrogen-bond donors (Lipinski definition) is 0. The number of benzene rings is 2. The van der Waals surface area contributed by atoms with E-state index in [-0.39, 0.29) is 0 Å². The normalized spacial score (nSPS) is 10.6. The fourth-order valence-corrected chi connectivity index (χ4v) is 2.38. The highest BCUT2D eigenvalue weighted by Crippen LogP contribution is 2.23. The van der Waals surface area contributed by atoms with Gasteiger partial charge in [0.25, 0.3) is 0 Å². The zero-order chi connectivity index (χ0) is 14.5. The number of aryl methyl sites for hydroxylation is 2. The molecule has 2 aromatic rings. The molecule has 2 rings (SSSR count). The lowest BCUT2D eigenvalue weighted by atomic mass is 10.0. The van der Waals surface area contributed by atoms with Crippen LogP contribution in [0.5, 0.6) is 5.75 Å². The first-order valence-electron chi connectivity index (χ1n) is 6.66. The Kier molecular flexibility index (Phi) is 5.17. The van der Waals surface area contributed by atoms with Crippen molar-refractivity contribution in [3.8, 4) is 5.75 Å². The summed E-state index contributed by atoms with van der Waals surface area (Å²) in [6.45, 7) is 5.43. The van der Waals surface area contributed by atoms with Crippen LogP contribution in [0.25, 0.3) is 0 Å². The quantitative estimate of drug-likeness (QED) is 0.784. The Hall–Kier alpha value is -1.37. The minimum Gasteiger partial charge on any atom is -0.489 e. The van der Waals surface area contributed by atoms with Crippen LogP contribution in [0.2, 0.25) is 0 Å². The first-order valence-corrected chi connectivity index (χ1v) is 7.24. The van der Waals surface area contributed by atoms with Crippen molar-refractivity contribution in [2.24, 2.45) is 0 Å². The molecule has 106 valence electrons. The second-order valence-electron chi connectivity index (χ2n) is 5.00. The molecule has 1 atom stereocenters. The van der Waals surface area contributed by atoms with Crippen LogP contribution >= 0.6 is 9.24 Å². The standard InChI is InChI=1S/C17H21O2P/c1-12-8-15(9-13(2)17(12)11-18-3)19-10-14-4-6-16(20)7-5-14/h4-9H,10-11,20H2,1-3H3. The molecule has 0 amide bonds. The van der Waals surface area contributed by atoms with Gasteiger partial charge >= 0.3 is 0 Å². The Labute approximate surface area is 123 Å². The lowest BCUT2D eigenvalue weighted by molar-refractivity contribution is 0.183. The molecule has 2 nitrogen and oxygen atoms in total. The summed E-state index contributed by atoms with van der Waals surface area (Å²) in [4.78, 5) is 0. The summed E-state index contributed by atoms with van der Waals surface area (Å²) in [7, 11) is 4.41. The average Bonchev–Trinajstić information content (AvgIpc) is 2.42. The van der Waals surface area contributed by atoms with Crippen molar-refractivity contribution >= 4 is 14.5 Å². The summed E-state index contributed by atoms with van der Waals surface area (Å²) >= 11 is 0. The highest BCUT2D eigenvalue weighted by molar-refractivity contribution is 7.27. The van der Waals surface area contributed by atoms with E-state index in [2.05, 4.69) is 59.5 Å². The minimum atomic E-state index is 0.591. The summed E-state index contributed by atoms with van der Waals surface area (Å²) in [5.74, 6) is 0.912. The van der Waals surface area contributed by atoms with Crippen LogP contribution in [0.3, 0.4) is 0 Å². The van der Waals surface area contributed by atoms with Crippen LogP contribution in [0, 0.1) is 13.8 Å². The van der Waals surface area contributed by atoms with Gasteiger partial charge < -0.3 is 9.47 Å². The van der Waals surface area contributed by atoms with Gasteiger partial charge in [-0.3, -0.25) is 0 Å². The third-order valence-electron chi connectivity index (χ3n) is 3.34. The zero-order valence-electron chi connectivity index (χ0n) is 12.3. The van der Waals surface area contributed by atoms with Crippen LogP contribution in [0.15, 0.2) is 36.4 Å². The SMILES string of the molecule is COCc1c(C)cc(OCc2ccc(P)cc2)cc1C. The molecule has 0 aromatic heterocycles. The third kappa shape index (κ3) is 3.82. The first-order chi connectivity index (χ1) is 9.60. The van der Waals surface area contributed by atoms with Crippen LogP contribution in [0.1, 0.15) is 22.3 Å². The molecular weight excluding hydrogens is 267 g/mol. The minimum absolute atomic E-state index is 0.591. The summed E-state index contributed by atoms with van der Waals surface area (Å²) in [6.07, 6.45) is 0. The van der Waals surface area contributed by atoms with Crippen LogP contribution in [0.4, 0.5) is 0 Å². The lowest BCUT2D eigenvalue weighted by Crippen LogP contribution is -2.01. The fourth-order valence-electron chi connectivity index (χ4n) is 2.19. The Morgan fingerprint density at radius 3 is 2.10 bits per heavy atom. The molecule has 3 heteroatoms. The highest BCUT2D eigenvalue weighted by atomic mass is 31.0. The van der Waals surface area contributed by atoms with Gasteiger partial charge in [-0.2, -0.15) is 0 Å². The van der Waals surface area contributed by atoms with Gasteiger partial charge in [0.1, 0.15) is 12.4 Å². The van der Waals surface area contributed by atoms with Crippen molar-refractivity contribution in [3.05, 3.63) is 58.7 Å². The summed E-state index contributed by atoms with van der Waals surface area (Å²) < 4.78 is 11.1. The topological polar surface area (TPSA) is 18.5 Å². The van der Waals surface area contributed by atoms with Gasteiger partial charge in [-0.25, -0.2) is 0 Å². The van der Waals surface area contributed by atoms with Gasteiger partial charge in [-0.1, -0.05) is 24.3 Å². The van der Waals surface area contributed by atoms with Crippen LogP contribution in [-0.2, 0) is 18.0 Å². The maximum absolute atomic E-state index is 5.88. The van der Waals surface area contributed by atoms with E-state index in [1.165, 1.54) is 27.6 Å². The molecule has 0 saturated carbocycles. The maximum atomic E-state index is 5.88. The summed E-state index contributed by atoms with van der Waals surface area (Å²) in [5, 5.41) is 1.18. The third-order valence-corrected chi connectivity index (χ3v) is 3.73. The number of ether oxygens (including phenoxy) is 2. The predicted octanol–water partition coefficient (Wildman–Crippen LogP) is 3.53. The van der Waals surface area contributed by atoms with Crippen molar-refractivity contribution in [2.45, 2.75) is 27.1 Å². The van der Waals surface area contributed by atoms with Crippen molar-refractivity contribution in [2.75, 3.05) is 7.11 Å². The number of methoxy groups -OCH3 is 1. The van der Waals surface area contributed by atoms with Gasteiger partial charge in [-0.05, 0) is 53.5 Å². The molecule has 0 aliphatic rings.